The van der Waals surface area contributed by atoms with Gasteiger partial charge in [0.25, 0.3) is 0 Å². The van der Waals surface area contributed by atoms with Gasteiger partial charge in [-0.15, -0.1) is 0 Å². The van der Waals surface area contributed by atoms with Gasteiger partial charge in [-0.2, -0.15) is 0 Å². The summed E-state index contributed by atoms with van der Waals surface area (Å²) in [6, 6.07) is 17.7. The third kappa shape index (κ3) is 5.06. The van der Waals surface area contributed by atoms with Crippen LogP contribution in [-0.2, 0) is 6.61 Å². The molecule has 0 bridgehead atoms. The van der Waals surface area contributed by atoms with Gasteiger partial charge in [0.05, 0.1) is 16.4 Å². The predicted molar refractivity (Wildman–Crippen MR) is 125 cm³/mol. The first-order chi connectivity index (χ1) is 13.5. The highest BCUT2D eigenvalue weighted by Crippen LogP contribution is 2.34. The van der Waals surface area contributed by atoms with Crippen molar-refractivity contribution in [3.05, 3.63) is 85.4 Å². The van der Waals surface area contributed by atoms with Crippen LogP contribution in [0.25, 0.3) is 0 Å². The molecule has 0 heterocycles. The first-order valence-corrected chi connectivity index (χ1v) is 10.3. The summed E-state index contributed by atoms with van der Waals surface area (Å²) < 4.78 is 12.5. The molecule has 0 fully saturated rings. The molecule has 3 rings (SSSR count). The maximum atomic E-state index is 6.05. The predicted octanol–water partition coefficient (Wildman–Crippen LogP) is 6.90. The van der Waals surface area contributed by atoms with E-state index in [0.29, 0.717) is 23.1 Å². The second-order valence-corrected chi connectivity index (χ2v) is 8.03. The Morgan fingerprint density at radius 2 is 1.86 bits per heavy atom. The number of ether oxygens (including phenoxy) is 2. The second kappa shape index (κ2) is 9.43. The van der Waals surface area contributed by atoms with Crippen LogP contribution < -0.4 is 9.47 Å². The molecule has 0 aromatic heterocycles. The van der Waals surface area contributed by atoms with Gasteiger partial charge in [-0.25, -0.2) is 0 Å². The Morgan fingerprint density at radius 1 is 1.07 bits per heavy atom. The fraction of sp³-hybridized carbons (Fsp3) is 0.174. The SMILES string of the molecule is COc1cc(C=Nc2cccc(C)c2C)cc(I)c1OCc1cccc(Cl)c1. The van der Waals surface area contributed by atoms with E-state index in [-0.39, 0.29) is 0 Å². The molecule has 0 aliphatic heterocycles. The standard InChI is InChI=1S/C23H21ClINO2/c1-15-6-4-9-21(16(15)2)26-13-18-11-20(25)23(22(12-18)27-3)28-14-17-7-5-8-19(24)10-17/h4-13H,14H2,1-3H3. The number of hydrogen-bond acceptors (Lipinski definition) is 3. The molecule has 5 heteroatoms. The Bertz CT molecular complexity index is 1020. The lowest BCUT2D eigenvalue weighted by Gasteiger charge is -2.14. The van der Waals surface area contributed by atoms with E-state index in [4.69, 9.17) is 21.1 Å². The van der Waals surface area contributed by atoms with Crippen LogP contribution in [-0.4, -0.2) is 13.3 Å². The molecular weight excluding hydrogens is 485 g/mol. The lowest BCUT2D eigenvalue weighted by Crippen LogP contribution is -2.00. The van der Waals surface area contributed by atoms with Crippen molar-refractivity contribution in [2.45, 2.75) is 20.5 Å². The Hall–Kier alpha value is -2.05. The minimum atomic E-state index is 0.419. The van der Waals surface area contributed by atoms with Crippen molar-refractivity contribution in [3.63, 3.8) is 0 Å². The third-order valence-electron chi connectivity index (χ3n) is 4.45. The molecule has 3 aromatic carbocycles. The molecule has 0 saturated heterocycles. The number of halogens is 2. The van der Waals surface area contributed by atoms with E-state index in [1.807, 2.05) is 54.7 Å². The van der Waals surface area contributed by atoms with Crippen LogP contribution in [0, 0.1) is 17.4 Å². The van der Waals surface area contributed by atoms with Crippen molar-refractivity contribution >= 4 is 46.1 Å². The van der Waals surface area contributed by atoms with Gasteiger partial charge in [0.1, 0.15) is 6.61 Å². The number of methoxy groups -OCH3 is 1. The molecule has 0 spiro atoms. The monoisotopic (exact) mass is 505 g/mol. The Morgan fingerprint density at radius 3 is 2.61 bits per heavy atom. The van der Waals surface area contributed by atoms with Crippen LogP contribution in [0.4, 0.5) is 5.69 Å². The fourth-order valence-electron chi connectivity index (χ4n) is 2.76. The summed E-state index contributed by atoms with van der Waals surface area (Å²) in [6.07, 6.45) is 1.85. The highest BCUT2D eigenvalue weighted by Gasteiger charge is 2.12. The topological polar surface area (TPSA) is 30.8 Å². The average Bonchev–Trinajstić information content (AvgIpc) is 2.68. The Balaban J connectivity index is 1.83. The van der Waals surface area contributed by atoms with Crippen LogP contribution in [0.15, 0.2) is 59.6 Å². The van der Waals surface area contributed by atoms with Crippen LogP contribution in [0.5, 0.6) is 11.5 Å². The van der Waals surface area contributed by atoms with Crippen LogP contribution >= 0.6 is 34.2 Å². The van der Waals surface area contributed by atoms with Crippen molar-refractivity contribution in [1.82, 2.24) is 0 Å². The summed E-state index contributed by atoms with van der Waals surface area (Å²) in [6.45, 7) is 4.59. The van der Waals surface area contributed by atoms with Gasteiger partial charge in [-0.05, 0) is 89.0 Å². The highest BCUT2D eigenvalue weighted by molar-refractivity contribution is 14.1. The molecule has 28 heavy (non-hydrogen) atoms. The van der Waals surface area contributed by atoms with Gasteiger partial charge < -0.3 is 9.47 Å². The summed E-state index contributed by atoms with van der Waals surface area (Å²) >= 11 is 8.31. The van der Waals surface area contributed by atoms with Crippen LogP contribution in [0.1, 0.15) is 22.3 Å². The van der Waals surface area contributed by atoms with Gasteiger partial charge in [-0.1, -0.05) is 35.9 Å². The largest absolute Gasteiger partial charge is 0.493 e. The summed E-state index contributed by atoms with van der Waals surface area (Å²) in [5.74, 6) is 1.39. The molecule has 3 nitrogen and oxygen atoms in total. The quantitative estimate of drug-likeness (QED) is 0.269. The van der Waals surface area contributed by atoms with E-state index in [0.717, 1.165) is 20.4 Å². The van der Waals surface area contributed by atoms with Gasteiger partial charge in [-0.3, -0.25) is 4.99 Å². The Labute approximate surface area is 184 Å². The van der Waals surface area contributed by atoms with E-state index in [1.165, 1.54) is 11.1 Å². The molecule has 144 valence electrons. The molecule has 0 aliphatic rings. The molecular formula is C23H21ClINO2. The summed E-state index contributed by atoms with van der Waals surface area (Å²) in [7, 11) is 1.64. The van der Waals surface area contributed by atoms with Crippen LogP contribution in [0.2, 0.25) is 5.02 Å². The highest BCUT2D eigenvalue weighted by atomic mass is 127. The molecule has 0 amide bonds. The lowest BCUT2D eigenvalue weighted by molar-refractivity contribution is 0.282. The minimum absolute atomic E-state index is 0.419. The van der Waals surface area contributed by atoms with Crippen molar-refractivity contribution in [3.8, 4) is 11.5 Å². The maximum absolute atomic E-state index is 6.05. The summed E-state index contributed by atoms with van der Waals surface area (Å²) in [5.41, 5.74) is 5.34. The van der Waals surface area contributed by atoms with Crippen molar-refractivity contribution in [2.24, 2.45) is 4.99 Å². The molecule has 0 saturated carbocycles. The molecule has 0 aliphatic carbocycles. The smallest absolute Gasteiger partial charge is 0.174 e. The first-order valence-electron chi connectivity index (χ1n) is 8.83. The number of rotatable bonds is 6. The zero-order valence-corrected chi connectivity index (χ0v) is 18.9. The molecule has 0 N–H and O–H groups in total. The second-order valence-electron chi connectivity index (χ2n) is 6.43. The van der Waals surface area contributed by atoms with Gasteiger partial charge in [0, 0.05) is 11.2 Å². The van der Waals surface area contributed by atoms with E-state index < -0.39 is 0 Å². The number of benzene rings is 3. The zero-order chi connectivity index (χ0) is 20.1. The van der Waals surface area contributed by atoms with Gasteiger partial charge in [0.2, 0.25) is 0 Å². The lowest BCUT2D eigenvalue weighted by atomic mass is 10.1. The van der Waals surface area contributed by atoms with Crippen molar-refractivity contribution in [1.29, 1.82) is 0 Å². The van der Waals surface area contributed by atoms with Crippen molar-refractivity contribution in [2.75, 3.05) is 7.11 Å². The summed E-state index contributed by atoms with van der Waals surface area (Å²) in [4.78, 5) is 4.65. The average molecular weight is 506 g/mol. The molecule has 0 atom stereocenters. The summed E-state index contributed by atoms with van der Waals surface area (Å²) in [5, 5.41) is 0.695. The number of aliphatic imine (C=N–C) groups is 1. The van der Waals surface area contributed by atoms with E-state index in [9.17, 15) is 0 Å². The molecule has 3 aromatic rings. The number of aryl methyl sites for hydroxylation is 1. The first kappa shape index (κ1) is 20.7. The van der Waals surface area contributed by atoms with E-state index >= 15 is 0 Å². The number of nitrogens with zero attached hydrogens (tertiary/aromatic N) is 1. The van der Waals surface area contributed by atoms with E-state index in [2.05, 4.69) is 47.5 Å². The minimum Gasteiger partial charge on any atom is -0.493 e. The normalized spacial score (nSPS) is 11.0. The Kier molecular flexibility index (Phi) is 6.97. The van der Waals surface area contributed by atoms with Gasteiger partial charge >= 0.3 is 0 Å². The van der Waals surface area contributed by atoms with E-state index in [1.54, 1.807) is 7.11 Å². The van der Waals surface area contributed by atoms with Gasteiger partial charge in [0.15, 0.2) is 11.5 Å². The number of hydrogen-bond donors (Lipinski definition) is 0. The van der Waals surface area contributed by atoms with Crippen molar-refractivity contribution < 1.29 is 9.47 Å². The zero-order valence-electron chi connectivity index (χ0n) is 16.0. The third-order valence-corrected chi connectivity index (χ3v) is 5.49. The van der Waals surface area contributed by atoms with Crippen LogP contribution in [0.3, 0.4) is 0 Å². The molecule has 0 unspecified atom stereocenters. The maximum Gasteiger partial charge on any atom is 0.174 e. The molecule has 0 radical (unpaired) electrons. The fourth-order valence-corrected chi connectivity index (χ4v) is 3.75.